The Morgan fingerprint density at radius 1 is 1.40 bits per heavy atom. The second-order valence-corrected chi connectivity index (χ2v) is 4.72. The lowest BCUT2D eigenvalue weighted by molar-refractivity contribution is 1.16. The van der Waals surface area contributed by atoms with Crippen LogP contribution in [-0.4, -0.2) is 14.3 Å². The summed E-state index contributed by atoms with van der Waals surface area (Å²) in [4.78, 5) is 8.47. The quantitative estimate of drug-likeness (QED) is 0.921. The Morgan fingerprint density at radius 2 is 2.20 bits per heavy atom. The lowest BCUT2D eigenvalue weighted by Crippen LogP contribution is -1.94. The summed E-state index contributed by atoms with van der Waals surface area (Å²) in [5.41, 5.74) is 1.11. The van der Waals surface area contributed by atoms with Crippen LogP contribution < -0.4 is 5.32 Å². The van der Waals surface area contributed by atoms with E-state index in [9.17, 15) is 0 Å². The Bertz CT molecular complexity index is 483. The Labute approximate surface area is 100 Å². The minimum Gasteiger partial charge on any atom is -0.314 e. The van der Waals surface area contributed by atoms with Crippen molar-refractivity contribution in [2.75, 3.05) is 5.32 Å². The number of nitrogens with zero attached hydrogens (tertiary/aromatic N) is 3. The van der Waals surface area contributed by atoms with Crippen molar-refractivity contribution in [1.82, 2.24) is 14.3 Å². The molecule has 0 aromatic carbocycles. The summed E-state index contributed by atoms with van der Waals surface area (Å²) in [7, 11) is 0. The summed E-state index contributed by atoms with van der Waals surface area (Å²) in [6, 6.07) is 2.00. The molecule has 0 amide bonds. The van der Waals surface area contributed by atoms with Gasteiger partial charge in [0, 0.05) is 17.7 Å². The van der Waals surface area contributed by atoms with Gasteiger partial charge in [0.25, 0.3) is 0 Å². The smallest absolute Gasteiger partial charge is 0.208 e. The van der Waals surface area contributed by atoms with Crippen LogP contribution in [0.3, 0.4) is 0 Å². The van der Waals surface area contributed by atoms with Gasteiger partial charge >= 0.3 is 0 Å². The maximum atomic E-state index is 4.26. The minimum absolute atomic E-state index is 0.754. The van der Waals surface area contributed by atoms with Crippen molar-refractivity contribution < 1.29 is 0 Å². The molecule has 0 spiro atoms. The van der Waals surface area contributed by atoms with E-state index in [1.54, 1.807) is 6.20 Å². The standard InChI is InChI=1S/C9H9BrN4S/c1-5-3-7(10)8(11-4-5)13-9-12-6(2)14-15-9/h3-4H,1-2H3,(H,11,12,13,14). The predicted octanol–water partition coefficient (Wildman–Crippen LogP) is 3.06. The van der Waals surface area contributed by atoms with Gasteiger partial charge in [0.05, 0.1) is 4.47 Å². The average Bonchev–Trinajstić information content (AvgIpc) is 2.56. The molecule has 0 bridgehead atoms. The summed E-state index contributed by atoms with van der Waals surface area (Å²) in [6.07, 6.45) is 1.81. The molecule has 0 aliphatic rings. The second-order valence-electron chi connectivity index (χ2n) is 3.11. The molecule has 4 nitrogen and oxygen atoms in total. The van der Waals surface area contributed by atoms with E-state index < -0.39 is 0 Å². The molecule has 2 aromatic rings. The highest BCUT2D eigenvalue weighted by Gasteiger charge is 2.05. The lowest BCUT2D eigenvalue weighted by Gasteiger charge is -2.03. The molecule has 15 heavy (non-hydrogen) atoms. The maximum absolute atomic E-state index is 4.26. The highest BCUT2D eigenvalue weighted by atomic mass is 79.9. The van der Waals surface area contributed by atoms with Gasteiger partial charge < -0.3 is 5.32 Å². The number of hydrogen-bond acceptors (Lipinski definition) is 5. The summed E-state index contributed by atoms with van der Waals surface area (Å²) in [5.74, 6) is 1.53. The first-order chi connectivity index (χ1) is 7.15. The van der Waals surface area contributed by atoms with Crippen LogP contribution >= 0.6 is 27.5 Å². The number of nitrogens with one attached hydrogen (secondary N) is 1. The van der Waals surface area contributed by atoms with E-state index in [0.717, 1.165) is 26.8 Å². The number of pyridine rings is 1. The van der Waals surface area contributed by atoms with Crippen LogP contribution in [0.25, 0.3) is 0 Å². The highest BCUT2D eigenvalue weighted by Crippen LogP contribution is 2.24. The Kier molecular flexibility index (Phi) is 2.97. The molecule has 6 heteroatoms. The van der Waals surface area contributed by atoms with Gasteiger partial charge in [-0.25, -0.2) is 9.97 Å². The van der Waals surface area contributed by atoms with E-state index in [2.05, 4.69) is 35.6 Å². The third-order valence-corrected chi connectivity index (χ3v) is 3.06. The van der Waals surface area contributed by atoms with Crippen LogP contribution in [0.15, 0.2) is 16.7 Å². The summed E-state index contributed by atoms with van der Waals surface area (Å²) in [5, 5.41) is 3.86. The first-order valence-corrected chi connectivity index (χ1v) is 5.91. The molecule has 2 aromatic heterocycles. The van der Waals surface area contributed by atoms with Gasteiger partial charge in [0.2, 0.25) is 5.13 Å². The van der Waals surface area contributed by atoms with Crippen LogP contribution in [0, 0.1) is 13.8 Å². The summed E-state index contributed by atoms with van der Waals surface area (Å²) >= 11 is 4.77. The van der Waals surface area contributed by atoms with Crippen LogP contribution in [0.1, 0.15) is 11.4 Å². The normalized spacial score (nSPS) is 10.3. The van der Waals surface area contributed by atoms with Gasteiger partial charge in [-0.15, -0.1) is 0 Å². The molecule has 0 saturated carbocycles. The highest BCUT2D eigenvalue weighted by molar-refractivity contribution is 9.10. The SMILES string of the molecule is Cc1cnc(Nc2nc(C)ns2)c(Br)c1. The number of rotatable bonds is 2. The zero-order chi connectivity index (χ0) is 10.8. The Hall–Kier alpha value is -1.01. The van der Waals surface area contributed by atoms with Gasteiger partial charge in [-0.1, -0.05) is 0 Å². The molecule has 78 valence electrons. The fourth-order valence-electron chi connectivity index (χ4n) is 1.07. The maximum Gasteiger partial charge on any atom is 0.208 e. The number of anilines is 2. The van der Waals surface area contributed by atoms with Gasteiger partial charge in [0.1, 0.15) is 11.6 Å². The number of aryl methyl sites for hydroxylation is 2. The van der Waals surface area contributed by atoms with Gasteiger partial charge in [-0.05, 0) is 41.4 Å². The van der Waals surface area contributed by atoms with Crippen molar-refractivity contribution in [3.8, 4) is 0 Å². The van der Waals surface area contributed by atoms with Crippen molar-refractivity contribution in [1.29, 1.82) is 0 Å². The summed E-state index contributed by atoms with van der Waals surface area (Å²) in [6.45, 7) is 3.86. The zero-order valence-electron chi connectivity index (χ0n) is 8.28. The average molecular weight is 285 g/mol. The van der Waals surface area contributed by atoms with E-state index >= 15 is 0 Å². The lowest BCUT2D eigenvalue weighted by atomic mass is 10.3. The van der Waals surface area contributed by atoms with E-state index in [0.29, 0.717) is 0 Å². The van der Waals surface area contributed by atoms with Crippen molar-refractivity contribution in [2.45, 2.75) is 13.8 Å². The Morgan fingerprint density at radius 3 is 2.80 bits per heavy atom. The van der Waals surface area contributed by atoms with E-state index in [1.165, 1.54) is 11.5 Å². The van der Waals surface area contributed by atoms with Gasteiger partial charge in [0.15, 0.2) is 0 Å². The van der Waals surface area contributed by atoms with Crippen molar-refractivity contribution in [2.24, 2.45) is 0 Å². The van der Waals surface area contributed by atoms with Crippen LogP contribution in [0.2, 0.25) is 0 Å². The number of hydrogen-bond donors (Lipinski definition) is 1. The van der Waals surface area contributed by atoms with Crippen molar-refractivity contribution >= 4 is 38.4 Å². The van der Waals surface area contributed by atoms with Crippen LogP contribution in [0.5, 0.6) is 0 Å². The topological polar surface area (TPSA) is 50.7 Å². The monoisotopic (exact) mass is 284 g/mol. The fourth-order valence-corrected chi connectivity index (χ4v) is 2.21. The van der Waals surface area contributed by atoms with E-state index in [1.807, 2.05) is 19.9 Å². The Balaban J connectivity index is 2.24. The predicted molar refractivity (Wildman–Crippen MR) is 64.6 cm³/mol. The molecular formula is C9H9BrN4S. The van der Waals surface area contributed by atoms with Crippen LogP contribution in [-0.2, 0) is 0 Å². The molecule has 1 N–H and O–H groups in total. The zero-order valence-corrected chi connectivity index (χ0v) is 10.7. The van der Waals surface area contributed by atoms with E-state index in [4.69, 9.17) is 0 Å². The first-order valence-electron chi connectivity index (χ1n) is 4.34. The van der Waals surface area contributed by atoms with Gasteiger partial charge in [-0.2, -0.15) is 4.37 Å². The largest absolute Gasteiger partial charge is 0.314 e. The molecular weight excluding hydrogens is 276 g/mol. The number of halogens is 1. The molecule has 2 heterocycles. The molecule has 0 aliphatic heterocycles. The first kappa shape index (κ1) is 10.5. The van der Waals surface area contributed by atoms with Crippen LogP contribution in [0.4, 0.5) is 10.9 Å². The fraction of sp³-hybridized carbons (Fsp3) is 0.222. The summed E-state index contributed by atoms with van der Waals surface area (Å²) < 4.78 is 5.01. The molecule has 0 radical (unpaired) electrons. The molecule has 0 saturated heterocycles. The van der Waals surface area contributed by atoms with E-state index in [-0.39, 0.29) is 0 Å². The number of aromatic nitrogens is 3. The third-order valence-electron chi connectivity index (χ3n) is 1.73. The van der Waals surface area contributed by atoms with Gasteiger partial charge in [-0.3, -0.25) is 0 Å². The van der Waals surface area contributed by atoms with Crippen molar-refractivity contribution in [3.05, 3.63) is 28.1 Å². The third kappa shape index (κ3) is 2.51. The molecule has 0 unspecified atom stereocenters. The molecule has 0 atom stereocenters. The van der Waals surface area contributed by atoms with Crippen molar-refractivity contribution in [3.63, 3.8) is 0 Å². The minimum atomic E-state index is 0.754. The molecule has 0 aliphatic carbocycles. The second kappa shape index (κ2) is 4.24. The molecule has 0 fully saturated rings. The molecule has 2 rings (SSSR count).